The van der Waals surface area contributed by atoms with Gasteiger partial charge in [-0.1, -0.05) is 19.1 Å². The molecule has 1 heterocycles. The average molecular weight is 227 g/mol. The predicted molar refractivity (Wildman–Crippen MR) is 55.7 cm³/mol. The van der Waals surface area contributed by atoms with E-state index in [1.807, 2.05) is 13.8 Å². The number of aromatic carboxylic acids is 1. The van der Waals surface area contributed by atoms with Gasteiger partial charge >= 0.3 is 13.1 Å². The molecule has 3 N–H and O–H groups in total. The number of rotatable bonds is 5. The molecule has 0 amide bonds. The van der Waals surface area contributed by atoms with Crippen LogP contribution in [0, 0.1) is 5.92 Å². The third kappa shape index (κ3) is 3.04. The first-order chi connectivity index (χ1) is 7.41. The number of carbonyl (C=O) groups is 1. The molecule has 7 nitrogen and oxygen atoms in total. The molecule has 0 aromatic carbocycles. The van der Waals surface area contributed by atoms with Crippen LogP contribution in [-0.2, 0) is 0 Å². The van der Waals surface area contributed by atoms with Crippen molar-refractivity contribution in [1.82, 2.24) is 15.0 Å². The third-order valence-corrected chi connectivity index (χ3v) is 2.13. The van der Waals surface area contributed by atoms with Crippen LogP contribution < -0.4 is 0 Å². The Labute approximate surface area is 92.9 Å². The summed E-state index contributed by atoms with van der Waals surface area (Å²) in [7, 11) is -1.59. The van der Waals surface area contributed by atoms with Gasteiger partial charge in [-0.25, -0.2) is 4.79 Å². The summed E-state index contributed by atoms with van der Waals surface area (Å²) in [6, 6.07) is 0. The first-order valence-electron chi connectivity index (χ1n) is 4.93. The fourth-order valence-electron chi connectivity index (χ4n) is 1.39. The van der Waals surface area contributed by atoms with Crippen molar-refractivity contribution in [2.75, 3.05) is 0 Å². The Morgan fingerprint density at radius 3 is 2.56 bits per heavy atom. The van der Waals surface area contributed by atoms with Crippen molar-refractivity contribution in [2.45, 2.75) is 26.2 Å². The van der Waals surface area contributed by atoms with Crippen molar-refractivity contribution in [3.8, 4) is 0 Å². The van der Waals surface area contributed by atoms with Gasteiger partial charge < -0.3 is 15.2 Å². The smallest absolute Gasteiger partial charge is 0.476 e. The first-order valence-corrected chi connectivity index (χ1v) is 4.93. The SMILES string of the molecule is CC(C)C[C@@H](B(O)O)n1cc(C(=O)O)nn1. The van der Waals surface area contributed by atoms with Gasteiger partial charge in [0.05, 0.1) is 12.1 Å². The average Bonchev–Trinajstić information content (AvgIpc) is 2.61. The van der Waals surface area contributed by atoms with Crippen molar-refractivity contribution in [3.05, 3.63) is 11.9 Å². The molecule has 16 heavy (non-hydrogen) atoms. The Balaban J connectivity index is 2.88. The molecule has 0 radical (unpaired) electrons. The minimum absolute atomic E-state index is 0.214. The maximum atomic E-state index is 10.6. The van der Waals surface area contributed by atoms with Crippen LogP contribution in [0.4, 0.5) is 0 Å². The van der Waals surface area contributed by atoms with Crippen LogP contribution in [0.15, 0.2) is 6.20 Å². The van der Waals surface area contributed by atoms with Gasteiger partial charge in [0.2, 0.25) is 0 Å². The van der Waals surface area contributed by atoms with Crippen LogP contribution in [0.3, 0.4) is 0 Å². The van der Waals surface area contributed by atoms with Crippen molar-refractivity contribution < 1.29 is 19.9 Å². The maximum Gasteiger partial charge on any atom is 0.477 e. The molecule has 1 rings (SSSR count). The quantitative estimate of drug-likeness (QED) is 0.589. The van der Waals surface area contributed by atoms with Crippen LogP contribution in [0.2, 0.25) is 0 Å². The zero-order chi connectivity index (χ0) is 12.3. The lowest BCUT2D eigenvalue weighted by Crippen LogP contribution is -2.30. The van der Waals surface area contributed by atoms with Crippen molar-refractivity contribution in [2.24, 2.45) is 5.92 Å². The summed E-state index contributed by atoms with van der Waals surface area (Å²) in [4.78, 5) is 10.6. The van der Waals surface area contributed by atoms with Gasteiger partial charge in [-0.3, -0.25) is 4.68 Å². The van der Waals surface area contributed by atoms with Gasteiger partial charge in [-0.15, -0.1) is 5.10 Å². The van der Waals surface area contributed by atoms with Gasteiger partial charge in [0.15, 0.2) is 5.69 Å². The van der Waals surface area contributed by atoms with E-state index in [1.54, 1.807) is 0 Å². The summed E-state index contributed by atoms with van der Waals surface area (Å²) < 4.78 is 1.17. The number of hydrogen-bond acceptors (Lipinski definition) is 5. The van der Waals surface area contributed by atoms with Crippen LogP contribution in [0.1, 0.15) is 36.7 Å². The van der Waals surface area contributed by atoms with Crippen LogP contribution in [0.25, 0.3) is 0 Å². The molecule has 0 bridgehead atoms. The predicted octanol–water partition coefficient (Wildman–Crippen LogP) is -0.425. The van der Waals surface area contributed by atoms with Gasteiger partial charge in [0, 0.05) is 0 Å². The van der Waals surface area contributed by atoms with E-state index in [0.29, 0.717) is 6.42 Å². The summed E-state index contributed by atoms with van der Waals surface area (Å²) in [5.41, 5.74) is -0.214. The highest BCUT2D eigenvalue weighted by Crippen LogP contribution is 2.17. The molecule has 1 aromatic heterocycles. The van der Waals surface area contributed by atoms with E-state index in [2.05, 4.69) is 10.3 Å². The topological polar surface area (TPSA) is 108 Å². The molecule has 0 saturated carbocycles. The van der Waals surface area contributed by atoms with Gasteiger partial charge in [0.1, 0.15) is 0 Å². The molecule has 1 aromatic rings. The molecule has 0 spiro atoms. The Hall–Kier alpha value is -1.41. The second kappa shape index (κ2) is 5.08. The first kappa shape index (κ1) is 12.7. The van der Waals surface area contributed by atoms with E-state index in [0.717, 1.165) is 0 Å². The Morgan fingerprint density at radius 2 is 2.19 bits per heavy atom. The molecule has 0 saturated heterocycles. The molecule has 88 valence electrons. The molecule has 0 unspecified atom stereocenters. The Kier molecular flexibility index (Phi) is 4.02. The van der Waals surface area contributed by atoms with E-state index in [4.69, 9.17) is 5.11 Å². The van der Waals surface area contributed by atoms with Gasteiger partial charge in [-0.2, -0.15) is 0 Å². The highest BCUT2D eigenvalue weighted by atomic mass is 16.4. The van der Waals surface area contributed by atoms with Gasteiger partial charge in [0.25, 0.3) is 0 Å². The summed E-state index contributed by atoms with van der Waals surface area (Å²) in [5.74, 6) is -1.65. The molecule has 8 heteroatoms. The standard InChI is InChI=1S/C8H14BN3O4/c1-5(2)3-7(9(15)16)12-4-6(8(13)14)10-11-12/h4-5,7,15-16H,3H2,1-2H3,(H,13,14)/t7-/m0/s1. The van der Waals surface area contributed by atoms with Crippen molar-refractivity contribution >= 4 is 13.1 Å². The lowest BCUT2D eigenvalue weighted by molar-refractivity contribution is 0.0690. The zero-order valence-corrected chi connectivity index (χ0v) is 9.11. The van der Waals surface area contributed by atoms with Crippen LogP contribution in [-0.4, -0.2) is 43.2 Å². The summed E-state index contributed by atoms with van der Waals surface area (Å²) in [5, 5.41) is 34.0. The third-order valence-electron chi connectivity index (χ3n) is 2.13. The minimum atomic E-state index is -1.59. The highest BCUT2D eigenvalue weighted by molar-refractivity contribution is 6.42. The largest absolute Gasteiger partial charge is 0.477 e. The number of carboxylic acids is 1. The van der Waals surface area contributed by atoms with E-state index in [-0.39, 0.29) is 11.6 Å². The van der Waals surface area contributed by atoms with E-state index < -0.39 is 19.0 Å². The normalized spacial score (nSPS) is 12.8. The Bertz CT molecular complexity index is 366. The number of carboxylic acid groups (broad SMARTS) is 1. The van der Waals surface area contributed by atoms with Crippen molar-refractivity contribution in [1.29, 1.82) is 0 Å². The molecule has 0 fully saturated rings. The van der Waals surface area contributed by atoms with E-state index in [9.17, 15) is 14.8 Å². The fourth-order valence-corrected chi connectivity index (χ4v) is 1.39. The fraction of sp³-hybridized carbons (Fsp3) is 0.625. The molecule has 0 aliphatic carbocycles. The number of hydrogen-bond donors (Lipinski definition) is 3. The minimum Gasteiger partial charge on any atom is -0.476 e. The zero-order valence-electron chi connectivity index (χ0n) is 9.11. The monoisotopic (exact) mass is 227 g/mol. The maximum absolute atomic E-state index is 10.6. The molecule has 0 aliphatic rings. The van der Waals surface area contributed by atoms with E-state index in [1.165, 1.54) is 10.9 Å². The summed E-state index contributed by atoms with van der Waals surface area (Å²) in [6.07, 6.45) is 1.66. The lowest BCUT2D eigenvalue weighted by atomic mass is 9.75. The molecular formula is C8H14BN3O4. The highest BCUT2D eigenvalue weighted by Gasteiger charge is 2.28. The van der Waals surface area contributed by atoms with E-state index >= 15 is 0 Å². The summed E-state index contributed by atoms with van der Waals surface area (Å²) >= 11 is 0. The van der Waals surface area contributed by atoms with Crippen LogP contribution in [0.5, 0.6) is 0 Å². The summed E-state index contributed by atoms with van der Waals surface area (Å²) in [6.45, 7) is 3.84. The molecule has 1 atom stereocenters. The van der Waals surface area contributed by atoms with Crippen molar-refractivity contribution in [3.63, 3.8) is 0 Å². The lowest BCUT2D eigenvalue weighted by Gasteiger charge is -2.17. The number of nitrogens with zero attached hydrogens (tertiary/aromatic N) is 3. The van der Waals surface area contributed by atoms with Gasteiger partial charge in [-0.05, 0) is 12.3 Å². The van der Waals surface area contributed by atoms with Crippen LogP contribution >= 0.6 is 0 Å². The second-order valence-electron chi connectivity index (χ2n) is 4.00. The molecular weight excluding hydrogens is 213 g/mol. The molecule has 0 aliphatic heterocycles. The Morgan fingerprint density at radius 1 is 1.56 bits per heavy atom. The number of aromatic nitrogens is 3. The second-order valence-corrected chi connectivity index (χ2v) is 4.00.